The minimum Gasteiger partial charge on any atom is -0.488 e. The van der Waals surface area contributed by atoms with Gasteiger partial charge in [0.1, 0.15) is 29.3 Å². The van der Waals surface area contributed by atoms with Crippen molar-refractivity contribution < 1.29 is 31.1 Å². The summed E-state index contributed by atoms with van der Waals surface area (Å²) in [6, 6.07) is 5.14. The number of ether oxygens (including phenoxy) is 1. The third-order valence-corrected chi connectivity index (χ3v) is 6.72. The van der Waals surface area contributed by atoms with Crippen molar-refractivity contribution in [2.24, 2.45) is 0 Å². The van der Waals surface area contributed by atoms with Gasteiger partial charge in [-0.25, -0.2) is 22.0 Å². The average Bonchev–Trinajstić information content (AvgIpc) is 3.13. The van der Waals surface area contributed by atoms with Crippen LogP contribution in [-0.2, 0) is 6.42 Å². The molecule has 188 valence electrons. The standard InChI is InChI=1S/C25H25F6N3O/c26-5-1-6-33-11-16(12-33)35-15-9-19(28)23(20(29)10-15)25-24-17(4-7-34(25)13-22(30)31)18-8-14(27)2-3-21(18)32-24/h2-3,8-10,16,22,25,32H,1,4-7,11-13H2. The Morgan fingerprint density at radius 2 is 1.80 bits per heavy atom. The van der Waals surface area contributed by atoms with Gasteiger partial charge in [0.25, 0.3) is 6.43 Å². The molecule has 1 saturated heterocycles. The van der Waals surface area contributed by atoms with Crippen LogP contribution >= 0.6 is 0 Å². The molecule has 2 aliphatic rings. The Labute approximate surface area is 198 Å². The highest BCUT2D eigenvalue weighted by Crippen LogP contribution is 2.41. The van der Waals surface area contributed by atoms with Crippen molar-refractivity contribution in [2.45, 2.75) is 31.4 Å². The molecule has 2 aromatic carbocycles. The number of rotatable bonds is 8. The zero-order valence-corrected chi connectivity index (χ0v) is 18.8. The Kier molecular flexibility index (Phi) is 6.67. The second kappa shape index (κ2) is 9.73. The summed E-state index contributed by atoms with van der Waals surface area (Å²) in [6.07, 6.45) is -2.20. The normalized spacial score (nSPS) is 19.3. The van der Waals surface area contributed by atoms with Crippen molar-refractivity contribution in [3.05, 3.63) is 64.6 Å². The molecular formula is C25H25F6N3O. The number of fused-ring (bicyclic) bond motifs is 3. The molecule has 1 atom stereocenters. The van der Waals surface area contributed by atoms with Gasteiger partial charge in [-0.2, -0.15) is 0 Å². The highest BCUT2D eigenvalue weighted by molar-refractivity contribution is 5.85. The number of nitrogens with zero attached hydrogens (tertiary/aromatic N) is 2. The van der Waals surface area contributed by atoms with Crippen molar-refractivity contribution in [3.63, 3.8) is 0 Å². The average molecular weight is 497 g/mol. The molecule has 4 nitrogen and oxygen atoms in total. The monoisotopic (exact) mass is 497 g/mol. The third kappa shape index (κ3) is 4.73. The highest BCUT2D eigenvalue weighted by atomic mass is 19.3. The second-order valence-electron chi connectivity index (χ2n) is 9.09. The number of hydrogen-bond acceptors (Lipinski definition) is 3. The minimum absolute atomic E-state index is 0.00838. The van der Waals surface area contributed by atoms with Crippen LogP contribution in [0.4, 0.5) is 26.3 Å². The van der Waals surface area contributed by atoms with E-state index in [1.807, 2.05) is 4.90 Å². The SMILES string of the molecule is FCCCN1CC(Oc2cc(F)c(C3c4[nH]c5ccc(F)cc5c4CCN3CC(F)F)c(F)c2)C1. The van der Waals surface area contributed by atoms with Crippen LogP contribution in [0.15, 0.2) is 30.3 Å². The minimum atomic E-state index is -2.70. The van der Waals surface area contributed by atoms with E-state index in [0.29, 0.717) is 54.6 Å². The summed E-state index contributed by atoms with van der Waals surface area (Å²) in [7, 11) is 0. The molecular weight excluding hydrogens is 472 g/mol. The molecule has 0 aliphatic carbocycles. The maximum atomic E-state index is 15.4. The van der Waals surface area contributed by atoms with E-state index in [2.05, 4.69) is 4.98 Å². The van der Waals surface area contributed by atoms with Gasteiger partial charge in [-0.15, -0.1) is 0 Å². The van der Waals surface area contributed by atoms with Crippen LogP contribution in [-0.4, -0.2) is 66.7 Å². The van der Waals surface area contributed by atoms with Gasteiger partial charge in [-0.05, 0) is 36.6 Å². The summed E-state index contributed by atoms with van der Waals surface area (Å²) in [6.45, 7) is 0.726. The lowest BCUT2D eigenvalue weighted by Gasteiger charge is -2.39. The van der Waals surface area contributed by atoms with Gasteiger partial charge in [0.2, 0.25) is 0 Å². The largest absolute Gasteiger partial charge is 0.488 e. The zero-order chi connectivity index (χ0) is 24.7. The predicted octanol–water partition coefficient (Wildman–Crippen LogP) is 5.22. The summed E-state index contributed by atoms with van der Waals surface area (Å²) >= 11 is 0. The number of benzene rings is 2. The number of halogens is 6. The van der Waals surface area contributed by atoms with Gasteiger partial charge in [0.15, 0.2) is 0 Å². The van der Waals surface area contributed by atoms with Crippen LogP contribution in [0.3, 0.4) is 0 Å². The molecule has 0 radical (unpaired) electrons. The summed E-state index contributed by atoms with van der Waals surface area (Å²) < 4.78 is 89.4. The van der Waals surface area contributed by atoms with Crippen LogP contribution in [0.25, 0.3) is 10.9 Å². The number of likely N-dealkylation sites (tertiary alicyclic amines) is 1. The molecule has 0 bridgehead atoms. The molecule has 0 amide bonds. The maximum absolute atomic E-state index is 15.4. The van der Waals surface area contributed by atoms with Crippen molar-refractivity contribution in [1.82, 2.24) is 14.8 Å². The Bertz CT molecular complexity index is 1190. The lowest BCUT2D eigenvalue weighted by molar-refractivity contribution is 0.0180. The number of hydrogen-bond donors (Lipinski definition) is 1. The van der Waals surface area contributed by atoms with E-state index < -0.39 is 43.1 Å². The Hall–Kier alpha value is -2.72. The van der Waals surface area contributed by atoms with E-state index in [4.69, 9.17) is 4.74 Å². The summed E-state index contributed by atoms with van der Waals surface area (Å²) in [5, 5.41) is 0.574. The number of alkyl halides is 3. The smallest absolute Gasteiger partial charge is 0.251 e. The van der Waals surface area contributed by atoms with E-state index in [1.165, 1.54) is 23.1 Å². The molecule has 3 heterocycles. The first-order valence-corrected chi connectivity index (χ1v) is 11.6. The fourth-order valence-electron chi connectivity index (χ4n) is 5.16. The molecule has 1 unspecified atom stereocenters. The molecule has 2 aliphatic heterocycles. The number of aromatic amines is 1. The zero-order valence-electron chi connectivity index (χ0n) is 18.8. The van der Waals surface area contributed by atoms with Crippen molar-refractivity contribution >= 4 is 10.9 Å². The van der Waals surface area contributed by atoms with Crippen molar-refractivity contribution in [3.8, 4) is 5.75 Å². The molecule has 0 saturated carbocycles. The van der Waals surface area contributed by atoms with Gasteiger partial charge >= 0.3 is 0 Å². The Morgan fingerprint density at radius 3 is 2.49 bits per heavy atom. The fraction of sp³-hybridized carbons (Fsp3) is 0.440. The van der Waals surface area contributed by atoms with Crippen LogP contribution in [0.2, 0.25) is 0 Å². The van der Waals surface area contributed by atoms with E-state index in [0.717, 1.165) is 12.1 Å². The van der Waals surface area contributed by atoms with Crippen LogP contribution in [0.1, 0.15) is 29.3 Å². The molecule has 3 aromatic rings. The first-order valence-electron chi connectivity index (χ1n) is 11.6. The molecule has 0 spiro atoms. The molecule has 35 heavy (non-hydrogen) atoms. The number of H-pyrrole nitrogens is 1. The molecule has 1 N–H and O–H groups in total. The van der Waals surface area contributed by atoms with E-state index in [-0.39, 0.29) is 24.0 Å². The van der Waals surface area contributed by atoms with Gasteiger partial charge in [-0.3, -0.25) is 14.2 Å². The fourth-order valence-corrected chi connectivity index (χ4v) is 5.16. The first-order chi connectivity index (χ1) is 16.8. The van der Waals surface area contributed by atoms with Crippen molar-refractivity contribution in [2.75, 3.05) is 39.4 Å². The molecule has 1 fully saturated rings. The maximum Gasteiger partial charge on any atom is 0.251 e. The van der Waals surface area contributed by atoms with Gasteiger partial charge in [0, 0.05) is 60.5 Å². The third-order valence-electron chi connectivity index (χ3n) is 6.72. The number of aromatic nitrogens is 1. The van der Waals surface area contributed by atoms with Crippen LogP contribution in [0.5, 0.6) is 5.75 Å². The first kappa shape index (κ1) is 24.0. The van der Waals surface area contributed by atoms with Gasteiger partial charge in [0.05, 0.1) is 19.3 Å². The lowest BCUT2D eigenvalue weighted by atomic mass is 9.91. The van der Waals surface area contributed by atoms with Gasteiger partial charge < -0.3 is 9.72 Å². The molecule has 1 aromatic heterocycles. The quantitative estimate of drug-likeness (QED) is 0.433. The summed E-state index contributed by atoms with van der Waals surface area (Å²) in [4.78, 5) is 6.41. The van der Waals surface area contributed by atoms with E-state index >= 15 is 8.78 Å². The Morgan fingerprint density at radius 1 is 1.06 bits per heavy atom. The van der Waals surface area contributed by atoms with Crippen molar-refractivity contribution in [1.29, 1.82) is 0 Å². The Balaban J connectivity index is 1.46. The predicted molar refractivity (Wildman–Crippen MR) is 119 cm³/mol. The van der Waals surface area contributed by atoms with E-state index in [9.17, 15) is 17.6 Å². The topological polar surface area (TPSA) is 31.5 Å². The van der Waals surface area contributed by atoms with Crippen LogP contribution in [0, 0.1) is 17.5 Å². The van der Waals surface area contributed by atoms with Crippen LogP contribution < -0.4 is 4.74 Å². The summed E-state index contributed by atoms with van der Waals surface area (Å²) in [5.74, 6) is -2.26. The highest BCUT2D eigenvalue weighted by Gasteiger charge is 2.37. The molecule has 10 heteroatoms. The lowest BCUT2D eigenvalue weighted by Crippen LogP contribution is -2.53. The van der Waals surface area contributed by atoms with E-state index in [1.54, 1.807) is 0 Å². The summed E-state index contributed by atoms with van der Waals surface area (Å²) in [5.41, 5.74) is 1.26. The van der Waals surface area contributed by atoms with Gasteiger partial charge in [-0.1, -0.05) is 0 Å². The number of nitrogens with one attached hydrogen (secondary N) is 1. The molecule has 5 rings (SSSR count). The second-order valence-corrected chi connectivity index (χ2v) is 9.09.